The number of fused-ring (bicyclic) bond motifs is 2. The number of hydrogen-bond acceptors (Lipinski definition) is 3. The summed E-state index contributed by atoms with van der Waals surface area (Å²) in [6.45, 7) is 8.26. The van der Waals surface area contributed by atoms with E-state index in [0.717, 1.165) is 18.6 Å². The number of aromatic nitrogens is 1. The molecule has 0 saturated carbocycles. The van der Waals surface area contributed by atoms with E-state index in [-0.39, 0.29) is 0 Å². The molecule has 104 valence electrons. The molecule has 3 heteroatoms. The Balaban J connectivity index is 1.67. The maximum atomic E-state index is 4.10. The van der Waals surface area contributed by atoms with Gasteiger partial charge in [-0.05, 0) is 50.8 Å². The van der Waals surface area contributed by atoms with E-state index in [1.54, 1.807) is 0 Å². The van der Waals surface area contributed by atoms with Crippen molar-refractivity contribution in [1.29, 1.82) is 0 Å². The highest BCUT2D eigenvalue weighted by Gasteiger charge is 2.38. The molecule has 2 bridgehead atoms. The van der Waals surface area contributed by atoms with E-state index in [1.165, 1.54) is 37.9 Å². The van der Waals surface area contributed by atoms with Gasteiger partial charge in [-0.15, -0.1) is 0 Å². The zero-order valence-corrected chi connectivity index (χ0v) is 12.1. The lowest BCUT2D eigenvalue weighted by molar-refractivity contribution is 0.145. The van der Waals surface area contributed by atoms with Crippen LogP contribution < -0.4 is 0 Å². The first-order valence-corrected chi connectivity index (χ1v) is 7.62. The molecule has 3 heterocycles. The minimum atomic E-state index is 0.693. The Bertz CT molecular complexity index is 404. The summed E-state index contributed by atoms with van der Waals surface area (Å²) in [6, 6.07) is 6.58. The van der Waals surface area contributed by atoms with Crippen molar-refractivity contribution in [3.63, 3.8) is 0 Å². The molecule has 2 aliphatic rings. The largest absolute Gasteiger partial charge is 0.297 e. The monoisotopic (exact) mass is 259 g/mol. The molecule has 3 nitrogen and oxygen atoms in total. The molecular formula is C16H25N3. The maximum absolute atomic E-state index is 4.10. The summed E-state index contributed by atoms with van der Waals surface area (Å²) < 4.78 is 0. The molecule has 0 amide bonds. The molecule has 2 atom stereocenters. The van der Waals surface area contributed by atoms with E-state index in [0.29, 0.717) is 6.04 Å². The molecule has 0 aliphatic carbocycles. The van der Waals surface area contributed by atoms with Gasteiger partial charge in [-0.2, -0.15) is 0 Å². The highest BCUT2D eigenvalue weighted by molar-refractivity contribution is 5.10. The van der Waals surface area contributed by atoms with Gasteiger partial charge in [0.15, 0.2) is 0 Å². The van der Waals surface area contributed by atoms with Gasteiger partial charge in [-0.1, -0.05) is 0 Å². The van der Waals surface area contributed by atoms with E-state index in [1.807, 2.05) is 12.4 Å². The Morgan fingerprint density at radius 2 is 1.89 bits per heavy atom. The second-order valence-electron chi connectivity index (χ2n) is 6.31. The zero-order valence-electron chi connectivity index (χ0n) is 12.1. The fourth-order valence-electron chi connectivity index (χ4n) is 3.91. The summed E-state index contributed by atoms with van der Waals surface area (Å²) in [5, 5.41) is 0. The lowest BCUT2D eigenvalue weighted by Gasteiger charge is -2.32. The van der Waals surface area contributed by atoms with Gasteiger partial charge in [-0.25, -0.2) is 0 Å². The number of likely N-dealkylation sites (tertiary alicyclic amines) is 1. The Morgan fingerprint density at radius 1 is 1.16 bits per heavy atom. The van der Waals surface area contributed by atoms with Gasteiger partial charge in [0, 0.05) is 50.2 Å². The van der Waals surface area contributed by atoms with Crippen molar-refractivity contribution in [3.05, 3.63) is 30.1 Å². The van der Waals surface area contributed by atoms with Crippen LogP contribution in [0.2, 0.25) is 0 Å². The van der Waals surface area contributed by atoms with Crippen LogP contribution in [0, 0.1) is 0 Å². The molecular weight excluding hydrogens is 234 g/mol. The first kappa shape index (κ1) is 13.1. The van der Waals surface area contributed by atoms with Crippen molar-refractivity contribution in [2.24, 2.45) is 0 Å². The maximum Gasteiger partial charge on any atom is 0.0271 e. The number of rotatable bonds is 3. The topological polar surface area (TPSA) is 19.4 Å². The van der Waals surface area contributed by atoms with Gasteiger partial charge in [0.25, 0.3) is 0 Å². The normalized spacial score (nSPS) is 28.8. The molecule has 3 rings (SSSR count). The number of pyridine rings is 1. The van der Waals surface area contributed by atoms with Crippen molar-refractivity contribution in [2.45, 2.75) is 57.8 Å². The first-order valence-electron chi connectivity index (χ1n) is 7.62. The Morgan fingerprint density at radius 3 is 2.63 bits per heavy atom. The van der Waals surface area contributed by atoms with Crippen LogP contribution in [-0.2, 0) is 6.54 Å². The van der Waals surface area contributed by atoms with Gasteiger partial charge in [-0.3, -0.25) is 14.8 Å². The SMILES string of the molecule is CC(C)N1C2CCC1CN(Cc1ccncc1)CC2. The minimum Gasteiger partial charge on any atom is -0.297 e. The highest BCUT2D eigenvalue weighted by atomic mass is 15.3. The molecule has 2 aliphatic heterocycles. The fourth-order valence-corrected chi connectivity index (χ4v) is 3.91. The zero-order chi connectivity index (χ0) is 13.2. The van der Waals surface area contributed by atoms with Crippen LogP contribution in [0.5, 0.6) is 0 Å². The standard InChI is InChI=1S/C16H25N3/c1-13(2)19-15-3-4-16(19)12-18(10-7-15)11-14-5-8-17-9-6-14/h5-6,8-9,13,15-16H,3-4,7,10-12H2,1-2H3. The molecule has 0 spiro atoms. The third kappa shape index (κ3) is 2.82. The summed E-state index contributed by atoms with van der Waals surface area (Å²) in [5.41, 5.74) is 1.39. The summed E-state index contributed by atoms with van der Waals surface area (Å²) >= 11 is 0. The first-order chi connectivity index (χ1) is 9.24. The molecule has 0 aromatic carbocycles. The fraction of sp³-hybridized carbons (Fsp3) is 0.688. The Kier molecular flexibility index (Phi) is 3.85. The summed E-state index contributed by atoms with van der Waals surface area (Å²) in [6.07, 6.45) is 7.93. The smallest absolute Gasteiger partial charge is 0.0271 e. The Labute approximate surface area is 116 Å². The molecule has 1 aromatic rings. The third-order valence-electron chi connectivity index (χ3n) is 4.68. The van der Waals surface area contributed by atoms with E-state index in [4.69, 9.17) is 0 Å². The third-order valence-corrected chi connectivity index (χ3v) is 4.68. The second kappa shape index (κ2) is 5.59. The van der Waals surface area contributed by atoms with Gasteiger partial charge < -0.3 is 0 Å². The second-order valence-corrected chi connectivity index (χ2v) is 6.31. The van der Waals surface area contributed by atoms with Crippen LogP contribution in [0.3, 0.4) is 0 Å². The van der Waals surface area contributed by atoms with E-state index < -0.39 is 0 Å². The van der Waals surface area contributed by atoms with Crippen LogP contribution in [0.1, 0.15) is 38.7 Å². The van der Waals surface area contributed by atoms with Gasteiger partial charge in [0.05, 0.1) is 0 Å². The average Bonchev–Trinajstić information content (AvgIpc) is 2.69. The van der Waals surface area contributed by atoms with Crippen LogP contribution >= 0.6 is 0 Å². The number of nitrogens with zero attached hydrogens (tertiary/aromatic N) is 3. The lowest BCUT2D eigenvalue weighted by atomic mass is 10.1. The Hall–Kier alpha value is -0.930. The summed E-state index contributed by atoms with van der Waals surface area (Å²) in [5.74, 6) is 0. The van der Waals surface area contributed by atoms with E-state index in [2.05, 4.69) is 40.8 Å². The predicted octanol–water partition coefficient (Wildman–Crippen LogP) is 2.53. The molecule has 2 saturated heterocycles. The average molecular weight is 259 g/mol. The molecule has 1 aromatic heterocycles. The number of hydrogen-bond donors (Lipinski definition) is 0. The quantitative estimate of drug-likeness (QED) is 0.831. The van der Waals surface area contributed by atoms with Crippen molar-refractivity contribution in [3.8, 4) is 0 Å². The van der Waals surface area contributed by atoms with Crippen molar-refractivity contribution in [2.75, 3.05) is 13.1 Å². The van der Waals surface area contributed by atoms with Crippen LogP contribution in [0.25, 0.3) is 0 Å². The van der Waals surface area contributed by atoms with Crippen LogP contribution in [0.15, 0.2) is 24.5 Å². The van der Waals surface area contributed by atoms with Crippen LogP contribution in [0.4, 0.5) is 0 Å². The van der Waals surface area contributed by atoms with Gasteiger partial charge >= 0.3 is 0 Å². The molecule has 0 N–H and O–H groups in total. The van der Waals surface area contributed by atoms with Crippen LogP contribution in [-0.4, -0.2) is 46.0 Å². The van der Waals surface area contributed by atoms with Crippen molar-refractivity contribution in [1.82, 2.24) is 14.8 Å². The summed E-state index contributed by atoms with van der Waals surface area (Å²) in [4.78, 5) is 9.51. The van der Waals surface area contributed by atoms with Gasteiger partial charge in [0.1, 0.15) is 0 Å². The van der Waals surface area contributed by atoms with E-state index in [9.17, 15) is 0 Å². The van der Waals surface area contributed by atoms with E-state index >= 15 is 0 Å². The summed E-state index contributed by atoms with van der Waals surface area (Å²) in [7, 11) is 0. The van der Waals surface area contributed by atoms with Crippen molar-refractivity contribution < 1.29 is 0 Å². The molecule has 2 unspecified atom stereocenters. The molecule has 2 fully saturated rings. The molecule has 0 radical (unpaired) electrons. The highest BCUT2D eigenvalue weighted by Crippen LogP contribution is 2.32. The van der Waals surface area contributed by atoms with Crippen molar-refractivity contribution >= 4 is 0 Å². The minimum absolute atomic E-state index is 0.693. The van der Waals surface area contributed by atoms with Gasteiger partial charge in [0.2, 0.25) is 0 Å². The lowest BCUT2D eigenvalue weighted by Crippen LogP contribution is -2.43. The predicted molar refractivity (Wildman–Crippen MR) is 77.9 cm³/mol. The molecule has 19 heavy (non-hydrogen) atoms.